The molecule has 0 bridgehead atoms. The van der Waals surface area contributed by atoms with E-state index in [0.717, 1.165) is 22.8 Å². The number of anilines is 3. The van der Waals surface area contributed by atoms with E-state index in [1.54, 1.807) is 0 Å². The van der Waals surface area contributed by atoms with Gasteiger partial charge in [0, 0.05) is 0 Å². The molecule has 0 aliphatic rings. The van der Waals surface area contributed by atoms with Crippen molar-refractivity contribution >= 4 is 40.1 Å². The molecule has 0 aliphatic heterocycles. The highest BCUT2D eigenvalue weighted by molar-refractivity contribution is 6.35. The van der Waals surface area contributed by atoms with Gasteiger partial charge in [0.1, 0.15) is 40.4 Å². The van der Waals surface area contributed by atoms with E-state index in [1.165, 1.54) is 19.1 Å². The second kappa shape index (κ2) is 8.85. The van der Waals surface area contributed by atoms with Gasteiger partial charge in [-0.25, -0.2) is 13.8 Å². The summed E-state index contributed by atoms with van der Waals surface area (Å²) in [6, 6.07) is 8.25. The highest BCUT2D eigenvalue weighted by Crippen LogP contribution is 2.28. The van der Waals surface area contributed by atoms with Gasteiger partial charge in [-0.1, -0.05) is 11.6 Å². The van der Waals surface area contributed by atoms with Gasteiger partial charge in [-0.15, -0.1) is 0 Å². The number of fused-ring (bicyclic) bond motifs is 1. The van der Waals surface area contributed by atoms with Crippen LogP contribution in [0.15, 0.2) is 35.1 Å². The maximum atomic E-state index is 14.7. The molecule has 0 fully saturated rings. The molecule has 0 saturated heterocycles. The predicted molar refractivity (Wildman–Crippen MR) is 125 cm³/mol. The molecule has 4 rings (SSSR count). The van der Waals surface area contributed by atoms with Crippen molar-refractivity contribution in [3.05, 3.63) is 74.3 Å². The number of aromatic nitrogens is 4. The minimum absolute atomic E-state index is 0.0489. The number of hydrogen-bond acceptors (Lipinski definition) is 9. The van der Waals surface area contributed by atoms with Crippen LogP contribution in [0, 0.1) is 34.3 Å². The van der Waals surface area contributed by atoms with Crippen molar-refractivity contribution in [1.82, 2.24) is 19.5 Å². The van der Waals surface area contributed by atoms with E-state index < -0.39 is 23.2 Å². The van der Waals surface area contributed by atoms with Crippen molar-refractivity contribution in [3.63, 3.8) is 0 Å². The lowest BCUT2D eigenvalue weighted by atomic mass is 10.1. The van der Waals surface area contributed by atoms with Crippen LogP contribution in [0.5, 0.6) is 0 Å². The van der Waals surface area contributed by atoms with Crippen molar-refractivity contribution < 1.29 is 8.78 Å². The van der Waals surface area contributed by atoms with Crippen LogP contribution in [0.2, 0.25) is 5.02 Å². The van der Waals surface area contributed by atoms with Crippen molar-refractivity contribution in [2.24, 2.45) is 0 Å². The summed E-state index contributed by atoms with van der Waals surface area (Å²) in [4.78, 5) is 25.5. The van der Waals surface area contributed by atoms with Crippen molar-refractivity contribution in [3.8, 4) is 17.8 Å². The number of nitriles is 2. The van der Waals surface area contributed by atoms with Crippen LogP contribution in [0.25, 0.3) is 16.6 Å². The number of nitrogens with two attached hydrogens (primary N) is 2. The van der Waals surface area contributed by atoms with Crippen LogP contribution in [-0.2, 0) is 0 Å². The van der Waals surface area contributed by atoms with Crippen LogP contribution in [0.1, 0.15) is 29.9 Å². The lowest BCUT2D eigenvalue weighted by Crippen LogP contribution is -2.28. The average Bonchev–Trinajstić information content (AvgIpc) is 2.80. The van der Waals surface area contributed by atoms with Crippen LogP contribution >= 0.6 is 11.6 Å². The Morgan fingerprint density at radius 2 is 1.86 bits per heavy atom. The summed E-state index contributed by atoms with van der Waals surface area (Å²) in [6.07, 6.45) is 0. The third kappa shape index (κ3) is 4.14. The fourth-order valence-electron chi connectivity index (χ4n) is 3.52. The standard InChI is InChI=1S/C22H14ClF2N9O/c1-9(30-19-13(8-27)18(28)32-22(29)33-19)20-31-17-15(25)3-2-14(23)16(17)21(35)34(20)12-5-10(7-26)4-11(24)6-12/h2-6,9H,1H3,(H5,28,29,30,32,33)/t9-/m0/s1. The maximum Gasteiger partial charge on any atom is 0.267 e. The average molecular weight is 494 g/mol. The first kappa shape index (κ1) is 23.4. The summed E-state index contributed by atoms with van der Waals surface area (Å²) < 4.78 is 30.0. The summed E-state index contributed by atoms with van der Waals surface area (Å²) >= 11 is 6.18. The minimum atomic E-state index is -0.944. The number of nitrogens with zero attached hydrogens (tertiary/aromatic N) is 6. The fourth-order valence-corrected chi connectivity index (χ4v) is 3.76. The molecule has 13 heteroatoms. The molecule has 2 heterocycles. The van der Waals surface area contributed by atoms with Gasteiger partial charge in [0.05, 0.1) is 33.8 Å². The zero-order valence-electron chi connectivity index (χ0n) is 17.8. The molecule has 0 spiro atoms. The summed E-state index contributed by atoms with van der Waals surface area (Å²) in [5.74, 6) is -2.16. The van der Waals surface area contributed by atoms with Gasteiger partial charge in [0.2, 0.25) is 5.95 Å². The van der Waals surface area contributed by atoms with Crippen LogP contribution in [0.3, 0.4) is 0 Å². The molecular formula is C22H14ClF2N9O. The highest BCUT2D eigenvalue weighted by Gasteiger charge is 2.23. The van der Waals surface area contributed by atoms with Gasteiger partial charge in [0.15, 0.2) is 5.82 Å². The second-order valence-electron chi connectivity index (χ2n) is 7.34. The predicted octanol–water partition coefficient (Wildman–Crippen LogP) is 3.19. The first-order chi connectivity index (χ1) is 16.6. The quantitative estimate of drug-likeness (QED) is 0.385. The van der Waals surface area contributed by atoms with Gasteiger partial charge in [-0.3, -0.25) is 9.36 Å². The van der Waals surface area contributed by atoms with Crippen molar-refractivity contribution in [1.29, 1.82) is 10.5 Å². The molecule has 0 amide bonds. The lowest BCUT2D eigenvalue weighted by molar-refractivity contribution is 0.622. The smallest absolute Gasteiger partial charge is 0.267 e. The third-order valence-electron chi connectivity index (χ3n) is 5.03. The van der Waals surface area contributed by atoms with E-state index >= 15 is 0 Å². The molecule has 0 radical (unpaired) electrons. The first-order valence-corrected chi connectivity index (χ1v) is 10.2. The summed E-state index contributed by atoms with van der Waals surface area (Å²) in [7, 11) is 0. The SMILES string of the molecule is C[C@H](Nc1nc(N)nc(N)c1C#N)c1nc2c(F)ccc(Cl)c2c(=O)n1-c1cc(F)cc(C#N)c1. The minimum Gasteiger partial charge on any atom is -0.382 e. The van der Waals surface area contributed by atoms with Crippen molar-refractivity contribution in [2.75, 3.05) is 16.8 Å². The van der Waals surface area contributed by atoms with E-state index in [0.29, 0.717) is 0 Å². The second-order valence-corrected chi connectivity index (χ2v) is 7.75. The van der Waals surface area contributed by atoms with Gasteiger partial charge in [-0.2, -0.15) is 20.5 Å². The number of halogens is 3. The zero-order chi connectivity index (χ0) is 25.4. The van der Waals surface area contributed by atoms with Crippen molar-refractivity contribution in [2.45, 2.75) is 13.0 Å². The number of nitrogens with one attached hydrogen (secondary N) is 1. The number of hydrogen-bond donors (Lipinski definition) is 3. The largest absolute Gasteiger partial charge is 0.382 e. The molecule has 2 aromatic carbocycles. The number of nitrogen functional groups attached to an aromatic ring is 2. The number of rotatable bonds is 4. The van der Waals surface area contributed by atoms with E-state index in [1.807, 2.05) is 12.1 Å². The molecule has 174 valence electrons. The Morgan fingerprint density at radius 3 is 2.54 bits per heavy atom. The Morgan fingerprint density at radius 1 is 1.11 bits per heavy atom. The molecule has 1 atom stereocenters. The molecule has 4 aromatic rings. The van der Waals surface area contributed by atoms with Gasteiger partial charge < -0.3 is 16.8 Å². The first-order valence-electron chi connectivity index (χ1n) is 9.86. The van der Waals surface area contributed by atoms with Crippen LogP contribution < -0.4 is 22.3 Å². The third-order valence-corrected chi connectivity index (χ3v) is 5.34. The Hall–Kier alpha value is -4.81. The van der Waals surface area contributed by atoms with Gasteiger partial charge >= 0.3 is 0 Å². The lowest BCUT2D eigenvalue weighted by Gasteiger charge is -2.21. The fraction of sp³-hybridized carbons (Fsp3) is 0.0909. The normalized spacial score (nSPS) is 11.6. The molecule has 5 N–H and O–H groups in total. The molecule has 35 heavy (non-hydrogen) atoms. The van der Waals surface area contributed by atoms with Crippen LogP contribution in [0.4, 0.5) is 26.4 Å². The van der Waals surface area contributed by atoms with Gasteiger partial charge in [0.25, 0.3) is 5.56 Å². The van der Waals surface area contributed by atoms with E-state index in [2.05, 4.69) is 20.3 Å². The Balaban J connectivity index is 2.03. The molecule has 0 saturated carbocycles. The zero-order valence-corrected chi connectivity index (χ0v) is 18.6. The summed E-state index contributed by atoms with van der Waals surface area (Å²) in [6.45, 7) is 1.53. The molecule has 10 nitrogen and oxygen atoms in total. The molecule has 0 unspecified atom stereocenters. The highest BCUT2D eigenvalue weighted by atomic mass is 35.5. The van der Waals surface area contributed by atoms with E-state index in [4.69, 9.17) is 23.1 Å². The molecule has 2 aromatic heterocycles. The summed E-state index contributed by atoms with van der Waals surface area (Å²) in [5, 5.41) is 21.3. The maximum absolute atomic E-state index is 14.7. The Kier molecular flexibility index (Phi) is 5.91. The Bertz CT molecular complexity index is 1660. The van der Waals surface area contributed by atoms with Gasteiger partial charge in [-0.05, 0) is 37.3 Å². The molecule has 0 aliphatic carbocycles. The van der Waals surface area contributed by atoms with Crippen LogP contribution in [-0.4, -0.2) is 19.5 Å². The topological polar surface area (TPSA) is 172 Å². The summed E-state index contributed by atoms with van der Waals surface area (Å²) in [5.41, 5.74) is 10.0. The van der Waals surface area contributed by atoms with E-state index in [-0.39, 0.29) is 56.1 Å². The monoisotopic (exact) mass is 493 g/mol. The van der Waals surface area contributed by atoms with E-state index in [9.17, 15) is 24.1 Å². The number of benzene rings is 2. The Labute approximate surface area is 201 Å². The molecular weight excluding hydrogens is 480 g/mol.